The largest absolute Gasteiger partial charge is 0.458 e. The summed E-state index contributed by atoms with van der Waals surface area (Å²) in [4.78, 5) is 12.1. The fourth-order valence-corrected chi connectivity index (χ4v) is 4.48. The third kappa shape index (κ3) is 5.96. The minimum Gasteiger partial charge on any atom is -0.458 e. The highest BCUT2D eigenvalue weighted by Crippen LogP contribution is 2.33. The van der Waals surface area contributed by atoms with Crippen LogP contribution in [0.3, 0.4) is 0 Å². The van der Waals surface area contributed by atoms with Crippen LogP contribution < -0.4 is 0 Å². The van der Waals surface area contributed by atoms with Crippen molar-refractivity contribution in [3.8, 4) is 6.07 Å². The quantitative estimate of drug-likeness (QED) is 0.461. The highest BCUT2D eigenvalue weighted by molar-refractivity contribution is 8.24. The van der Waals surface area contributed by atoms with Gasteiger partial charge in [-0.2, -0.15) is 16.6 Å². The maximum Gasteiger partial charge on any atom is 0.306 e. The van der Waals surface area contributed by atoms with Crippen molar-refractivity contribution in [1.82, 2.24) is 0 Å². The predicted molar refractivity (Wildman–Crippen MR) is 108 cm³/mol. The first kappa shape index (κ1) is 19.6. The molecule has 130 valence electrons. The SMILES string of the molecule is CC(OC(=O)CCC(C)(C#N)SC(=S)c1ccccc1)c1ccsc1. The summed E-state index contributed by atoms with van der Waals surface area (Å²) in [5.74, 6) is -0.300. The topological polar surface area (TPSA) is 50.1 Å². The average molecular weight is 390 g/mol. The first-order valence-corrected chi connectivity index (χ1v) is 10.0. The van der Waals surface area contributed by atoms with Crippen LogP contribution in [0.5, 0.6) is 0 Å². The lowest BCUT2D eigenvalue weighted by molar-refractivity contribution is -0.148. The zero-order chi connectivity index (χ0) is 18.3. The number of nitriles is 1. The predicted octanol–water partition coefficient (Wildman–Crippen LogP) is 5.52. The molecular weight excluding hydrogens is 370 g/mol. The van der Waals surface area contributed by atoms with E-state index in [2.05, 4.69) is 6.07 Å². The van der Waals surface area contributed by atoms with Crippen molar-refractivity contribution in [3.63, 3.8) is 0 Å². The van der Waals surface area contributed by atoms with Gasteiger partial charge in [0.15, 0.2) is 0 Å². The molecule has 0 saturated heterocycles. The second-order valence-corrected chi connectivity index (χ2v) is 8.75. The number of benzene rings is 1. The molecule has 0 aliphatic heterocycles. The standard InChI is InChI=1S/C19H19NO2S3/c1-14(16-9-11-24-12-16)22-17(21)8-10-19(2,13-20)25-18(23)15-6-4-3-5-7-15/h3-7,9,11-12,14H,8,10H2,1-2H3. The van der Waals surface area contributed by atoms with E-state index >= 15 is 0 Å². The van der Waals surface area contributed by atoms with Crippen LogP contribution in [0.25, 0.3) is 0 Å². The zero-order valence-electron chi connectivity index (χ0n) is 14.1. The Labute approximate surface area is 162 Å². The summed E-state index contributed by atoms with van der Waals surface area (Å²) in [7, 11) is 0. The van der Waals surface area contributed by atoms with Crippen LogP contribution in [0, 0.1) is 11.3 Å². The number of thiophene rings is 1. The van der Waals surface area contributed by atoms with Crippen LogP contribution in [0.4, 0.5) is 0 Å². The molecule has 1 aromatic heterocycles. The van der Waals surface area contributed by atoms with Crippen molar-refractivity contribution >= 4 is 45.5 Å². The molecule has 25 heavy (non-hydrogen) atoms. The number of thioether (sulfide) groups is 1. The maximum atomic E-state index is 12.1. The molecule has 2 rings (SSSR count). The van der Waals surface area contributed by atoms with Crippen molar-refractivity contribution < 1.29 is 9.53 Å². The van der Waals surface area contributed by atoms with E-state index < -0.39 is 4.75 Å². The minimum atomic E-state index is -0.766. The highest BCUT2D eigenvalue weighted by atomic mass is 32.2. The number of carbonyl (C=O) groups excluding carboxylic acids is 1. The van der Waals surface area contributed by atoms with Gasteiger partial charge in [-0.15, -0.1) is 0 Å². The van der Waals surface area contributed by atoms with Crippen LogP contribution in [-0.4, -0.2) is 14.9 Å². The van der Waals surface area contributed by atoms with E-state index in [4.69, 9.17) is 17.0 Å². The van der Waals surface area contributed by atoms with E-state index in [0.29, 0.717) is 10.6 Å². The van der Waals surface area contributed by atoms with Crippen LogP contribution in [0.2, 0.25) is 0 Å². The molecule has 0 aliphatic rings. The van der Waals surface area contributed by atoms with Crippen LogP contribution in [0.15, 0.2) is 47.2 Å². The summed E-state index contributed by atoms with van der Waals surface area (Å²) in [6.07, 6.45) is 0.296. The molecule has 6 heteroatoms. The molecule has 0 bridgehead atoms. The second-order valence-electron chi connectivity index (χ2n) is 5.79. The van der Waals surface area contributed by atoms with Gasteiger partial charge in [-0.1, -0.05) is 54.3 Å². The Balaban J connectivity index is 1.89. The zero-order valence-corrected chi connectivity index (χ0v) is 16.5. The van der Waals surface area contributed by atoms with E-state index in [1.54, 1.807) is 11.3 Å². The van der Waals surface area contributed by atoms with Gasteiger partial charge >= 0.3 is 5.97 Å². The number of ether oxygens (including phenoxy) is 1. The smallest absolute Gasteiger partial charge is 0.306 e. The molecule has 2 atom stereocenters. The molecule has 0 fully saturated rings. The lowest BCUT2D eigenvalue weighted by atomic mass is 10.1. The number of rotatable bonds is 7. The van der Waals surface area contributed by atoms with Gasteiger partial charge in [0, 0.05) is 12.0 Å². The molecule has 2 unspecified atom stereocenters. The van der Waals surface area contributed by atoms with Crippen molar-refractivity contribution in [3.05, 3.63) is 58.3 Å². The highest BCUT2D eigenvalue weighted by Gasteiger charge is 2.28. The van der Waals surface area contributed by atoms with E-state index in [1.807, 2.05) is 61.0 Å². The van der Waals surface area contributed by atoms with Crippen molar-refractivity contribution in [2.24, 2.45) is 0 Å². The van der Waals surface area contributed by atoms with Gasteiger partial charge in [-0.25, -0.2) is 0 Å². The van der Waals surface area contributed by atoms with Crippen LogP contribution in [-0.2, 0) is 9.53 Å². The van der Waals surface area contributed by atoms with Crippen molar-refractivity contribution in [2.45, 2.75) is 37.5 Å². The van der Waals surface area contributed by atoms with Crippen LogP contribution >= 0.6 is 35.3 Å². The Morgan fingerprint density at radius 1 is 1.40 bits per heavy atom. The third-order valence-electron chi connectivity index (χ3n) is 3.69. The van der Waals surface area contributed by atoms with Crippen molar-refractivity contribution in [2.75, 3.05) is 0 Å². The summed E-state index contributed by atoms with van der Waals surface area (Å²) in [6.45, 7) is 3.66. The average Bonchev–Trinajstić information content (AvgIpc) is 3.15. The van der Waals surface area contributed by atoms with Crippen LogP contribution in [0.1, 0.15) is 43.9 Å². The molecular formula is C19H19NO2S3. The Kier molecular flexibility index (Phi) is 7.18. The number of thiocarbonyl (C=S) groups is 1. The first-order chi connectivity index (χ1) is 11.9. The summed E-state index contributed by atoms with van der Waals surface area (Å²) >= 11 is 8.33. The molecule has 3 nitrogen and oxygen atoms in total. The Bertz CT molecular complexity index is 753. The normalized spacial score (nSPS) is 14.1. The number of nitrogens with zero attached hydrogens (tertiary/aromatic N) is 1. The van der Waals surface area contributed by atoms with E-state index in [0.717, 1.165) is 11.1 Å². The Hall–Kier alpha value is -1.68. The van der Waals surface area contributed by atoms with E-state index in [9.17, 15) is 10.1 Å². The number of esters is 1. The van der Waals surface area contributed by atoms with Gasteiger partial charge in [0.25, 0.3) is 0 Å². The summed E-state index contributed by atoms with van der Waals surface area (Å²) < 4.78 is 5.33. The molecule has 0 saturated carbocycles. The molecule has 1 heterocycles. The lowest BCUT2D eigenvalue weighted by Crippen LogP contribution is -2.22. The number of carbonyl (C=O) groups is 1. The lowest BCUT2D eigenvalue weighted by Gasteiger charge is -2.21. The summed E-state index contributed by atoms with van der Waals surface area (Å²) in [6, 6.07) is 13.8. The molecule has 0 spiro atoms. The fraction of sp³-hybridized carbons (Fsp3) is 0.316. The molecule has 0 amide bonds. The second kappa shape index (κ2) is 9.14. The molecule has 1 aromatic carbocycles. The fourth-order valence-electron chi connectivity index (χ4n) is 2.14. The Morgan fingerprint density at radius 2 is 2.12 bits per heavy atom. The molecule has 0 radical (unpaired) electrons. The van der Waals surface area contributed by atoms with E-state index in [1.165, 1.54) is 11.8 Å². The first-order valence-electron chi connectivity index (χ1n) is 7.85. The monoisotopic (exact) mass is 389 g/mol. The molecule has 2 aromatic rings. The molecule has 0 aliphatic carbocycles. The maximum absolute atomic E-state index is 12.1. The van der Waals surface area contributed by atoms with Gasteiger partial charge in [0.1, 0.15) is 10.9 Å². The van der Waals surface area contributed by atoms with Gasteiger partial charge in [0.2, 0.25) is 0 Å². The van der Waals surface area contributed by atoms with Crippen molar-refractivity contribution in [1.29, 1.82) is 5.26 Å². The summed E-state index contributed by atoms with van der Waals surface area (Å²) in [5, 5.41) is 13.5. The van der Waals surface area contributed by atoms with Gasteiger partial charge in [-0.05, 0) is 42.7 Å². The number of hydrogen-bond donors (Lipinski definition) is 0. The number of hydrogen-bond acceptors (Lipinski definition) is 6. The van der Waals surface area contributed by atoms with Gasteiger partial charge in [0.05, 0.1) is 10.3 Å². The Morgan fingerprint density at radius 3 is 2.72 bits per heavy atom. The van der Waals surface area contributed by atoms with E-state index in [-0.39, 0.29) is 18.5 Å². The third-order valence-corrected chi connectivity index (χ3v) is 6.05. The van der Waals surface area contributed by atoms with Gasteiger partial charge in [-0.3, -0.25) is 4.79 Å². The van der Waals surface area contributed by atoms with Gasteiger partial charge < -0.3 is 4.74 Å². The summed E-state index contributed by atoms with van der Waals surface area (Å²) in [5.41, 5.74) is 1.90. The minimum absolute atomic E-state index is 0.183. The molecule has 0 N–H and O–H groups in total.